The van der Waals surface area contributed by atoms with Crippen LogP contribution in [0.2, 0.25) is 0 Å². The Morgan fingerprint density at radius 2 is 1.47 bits per heavy atom. The monoisotopic (exact) mass is 429 g/mol. The summed E-state index contributed by atoms with van der Waals surface area (Å²) in [6.07, 6.45) is 5.65. The second kappa shape index (κ2) is 10.4. The number of quaternary nitrogens is 1. The van der Waals surface area contributed by atoms with Gasteiger partial charge < -0.3 is 27.2 Å². The van der Waals surface area contributed by atoms with Crippen LogP contribution in [0.15, 0.2) is 60.7 Å². The molecular weight excluding hydrogens is 398 g/mol. The van der Waals surface area contributed by atoms with Gasteiger partial charge in [-0.05, 0) is 36.8 Å². The number of fused-ring (bicyclic) bond motifs is 4. The Morgan fingerprint density at radius 3 is 2.03 bits per heavy atom. The van der Waals surface area contributed by atoms with Crippen LogP contribution >= 0.6 is 0 Å². The van der Waals surface area contributed by atoms with Crippen LogP contribution in [-0.4, -0.2) is 37.3 Å². The Morgan fingerprint density at radius 1 is 0.933 bits per heavy atom. The van der Waals surface area contributed by atoms with Crippen molar-refractivity contribution in [3.63, 3.8) is 0 Å². The van der Waals surface area contributed by atoms with E-state index in [-0.39, 0.29) is 18.8 Å². The van der Waals surface area contributed by atoms with Crippen LogP contribution < -0.4 is 17.3 Å². The number of benzene rings is 2. The molecule has 3 aliphatic rings. The van der Waals surface area contributed by atoms with Crippen LogP contribution in [0, 0.1) is 11.8 Å². The van der Waals surface area contributed by atoms with E-state index in [1.165, 1.54) is 38.8 Å². The number of rotatable bonds is 7. The molecular formula is C25H32ClNO3. The summed E-state index contributed by atoms with van der Waals surface area (Å²) >= 11 is 0. The second-order valence-electron chi connectivity index (χ2n) is 8.82. The molecule has 2 saturated heterocycles. The fourth-order valence-electron chi connectivity index (χ4n) is 5.05. The molecule has 2 N–H and O–H groups in total. The Balaban J connectivity index is 0.00000256. The first-order chi connectivity index (χ1) is 14.1. The van der Waals surface area contributed by atoms with Gasteiger partial charge in [0.25, 0.3) is 0 Å². The topological polar surface area (TPSA) is 51.0 Å². The maximum absolute atomic E-state index is 13.0. The lowest BCUT2D eigenvalue weighted by Crippen LogP contribution is -3.13. The van der Waals surface area contributed by atoms with E-state index in [0.717, 1.165) is 23.9 Å². The van der Waals surface area contributed by atoms with Crippen LogP contribution in [0.25, 0.3) is 0 Å². The molecule has 4 nitrogen and oxygen atoms in total. The fraction of sp³-hybridized carbons (Fsp3) is 0.480. The number of carbonyl (C=O) groups is 1. The van der Waals surface area contributed by atoms with Gasteiger partial charge in [0.05, 0.1) is 13.1 Å². The summed E-state index contributed by atoms with van der Waals surface area (Å²) in [4.78, 5) is 14.6. The van der Waals surface area contributed by atoms with Crippen molar-refractivity contribution in [2.24, 2.45) is 11.8 Å². The highest BCUT2D eigenvalue weighted by Crippen LogP contribution is 2.29. The third kappa shape index (κ3) is 5.42. The van der Waals surface area contributed by atoms with Gasteiger partial charge in [-0.15, -0.1) is 0 Å². The summed E-state index contributed by atoms with van der Waals surface area (Å²) in [7, 11) is 0. The van der Waals surface area contributed by atoms with E-state index in [1.807, 2.05) is 48.5 Å². The maximum atomic E-state index is 13.0. The standard InChI is InChI=1S/C25H31NO3.ClH/c27-24(29-16-15-26-18-21-11-12-22(19-26)14-13-21)25(28,23-9-5-2-6-10-23)17-20-7-3-1-4-8-20;/h1-10,21-22,28H,11-19H2;1H. The van der Waals surface area contributed by atoms with Crippen LogP contribution in [0.5, 0.6) is 0 Å². The molecule has 1 unspecified atom stereocenters. The number of esters is 1. The molecule has 2 aromatic carbocycles. The van der Waals surface area contributed by atoms with Crippen molar-refractivity contribution in [3.8, 4) is 0 Å². The van der Waals surface area contributed by atoms with Crippen LogP contribution in [-0.2, 0) is 21.6 Å². The third-order valence-corrected chi connectivity index (χ3v) is 6.70. The minimum absolute atomic E-state index is 0. The molecule has 0 radical (unpaired) electrons. The number of ether oxygens (including phenoxy) is 1. The van der Waals surface area contributed by atoms with Gasteiger partial charge in [-0.1, -0.05) is 60.7 Å². The van der Waals surface area contributed by atoms with Crippen molar-refractivity contribution in [2.45, 2.75) is 37.7 Å². The van der Waals surface area contributed by atoms with Crippen LogP contribution in [0.3, 0.4) is 0 Å². The SMILES string of the molecule is O=C(OCC[NH+]1CC2CCC(CC2)C1)C(O)(Cc1ccccc1)c1ccccc1.[Cl-]. The quantitative estimate of drug-likeness (QED) is 0.576. The zero-order chi connectivity index (χ0) is 20.1. The average Bonchev–Trinajstić information content (AvgIpc) is 3.08. The van der Waals surface area contributed by atoms with E-state index in [2.05, 4.69) is 0 Å². The molecule has 30 heavy (non-hydrogen) atoms. The van der Waals surface area contributed by atoms with Crippen molar-refractivity contribution in [3.05, 3.63) is 71.8 Å². The van der Waals surface area contributed by atoms with Gasteiger partial charge in [0.15, 0.2) is 5.60 Å². The Labute approximate surface area is 185 Å². The highest BCUT2D eigenvalue weighted by Gasteiger charge is 2.40. The van der Waals surface area contributed by atoms with Gasteiger partial charge in [0, 0.05) is 18.3 Å². The number of aliphatic hydroxyl groups is 1. The lowest BCUT2D eigenvalue weighted by atomic mass is 9.84. The Bertz CT molecular complexity index is 779. The molecule has 2 heterocycles. The summed E-state index contributed by atoms with van der Waals surface area (Å²) < 4.78 is 5.66. The van der Waals surface area contributed by atoms with Gasteiger partial charge >= 0.3 is 5.97 Å². The maximum Gasteiger partial charge on any atom is 0.343 e. The molecule has 162 valence electrons. The first-order valence-corrected chi connectivity index (χ1v) is 11.0. The number of halogens is 1. The molecule has 5 heteroatoms. The zero-order valence-electron chi connectivity index (χ0n) is 17.4. The predicted octanol–water partition coefficient (Wildman–Crippen LogP) is -0.631. The fourth-order valence-corrected chi connectivity index (χ4v) is 5.05. The summed E-state index contributed by atoms with van der Waals surface area (Å²) in [6.45, 7) is 3.58. The van der Waals surface area contributed by atoms with Gasteiger partial charge in [-0.25, -0.2) is 4.79 Å². The Kier molecular flexibility index (Phi) is 7.93. The van der Waals surface area contributed by atoms with Crippen molar-refractivity contribution >= 4 is 5.97 Å². The minimum Gasteiger partial charge on any atom is -1.00 e. The van der Waals surface area contributed by atoms with Gasteiger partial charge in [0.1, 0.15) is 13.2 Å². The molecule has 5 rings (SSSR count). The number of hydrogen-bond donors (Lipinski definition) is 2. The van der Waals surface area contributed by atoms with E-state index in [9.17, 15) is 9.90 Å². The molecule has 0 amide bonds. The lowest BCUT2D eigenvalue weighted by molar-refractivity contribution is -0.904. The van der Waals surface area contributed by atoms with E-state index >= 15 is 0 Å². The lowest BCUT2D eigenvalue weighted by Gasteiger charge is -2.27. The first kappa shape index (κ1) is 22.8. The van der Waals surface area contributed by atoms with Crippen molar-refractivity contribution in [1.82, 2.24) is 0 Å². The molecule has 2 aliphatic heterocycles. The summed E-state index contributed by atoms with van der Waals surface area (Å²) in [5.74, 6) is 1.11. The van der Waals surface area contributed by atoms with Crippen molar-refractivity contribution in [2.75, 3.05) is 26.2 Å². The minimum atomic E-state index is -1.67. The van der Waals surface area contributed by atoms with Crippen molar-refractivity contribution in [1.29, 1.82) is 0 Å². The van der Waals surface area contributed by atoms with E-state index < -0.39 is 11.6 Å². The molecule has 0 aromatic heterocycles. The molecule has 3 fully saturated rings. The second-order valence-corrected chi connectivity index (χ2v) is 8.82. The zero-order valence-corrected chi connectivity index (χ0v) is 18.2. The third-order valence-electron chi connectivity index (χ3n) is 6.70. The van der Waals surface area contributed by atoms with Crippen molar-refractivity contribution < 1.29 is 31.9 Å². The predicted molar refractivity (Wildman–Crippen MR) is 112 cm³/mol. The van der Waals surface area contributed by atoms with E-state index in [1.54, 1.807) is 17.0 Å². The smallest absolute Gasteiger partial charge is 0.343 e. The Hall–Kier alpha value is -1.88. The first-order valence-electron chi connectivity index (χ1n) is 11.0. The van der Waals surface area contributed by atoms with E-state index in [4.69, 9.17) is 4.74 Å². The molecule has 1 aliphatic carbocycles. The van der Waals surface area contributed by atoms with E-state index in [0.29, 0.717) is 12.2 Å². The number of hydrogen-bond acceptors (Lipinski definition) is 3. The largest absolute Gasteiger partial charge is 1.00 e. The highest BCUT2D eigenvalue weighted by molar-refractivity contribution is 5.81. The highest BCUT2D eigenvalue weighted by atomic mass is 35.5. The molecule has 1 saturated carbocycles. The molecule has 2 aromatic rings. The van der Waals surface area contributed by atoms with Gasteiger partial charge in [-0.2, -0.15) is 0 Å². The number of nitrogens with one attached hydrogen (secondary N) is 1. The molecule has 2 bridgehead atoms. The summed E-state index contributed by atoms with van der Waals surface area (Å²) in [5, 5.41) is 11.4. The van der Waals surface area contributed by atoms with Crippen LogP contribution in [0.4, 0.5) is 0 Å². The summed E-state index contributed by atoms with van der Waals surface area (Å²) in [5.41, 5.74) is -0.185. The van der Waals surface area contributed by atoms with Crippen LogP contribution in [0.1, 0.15) is 36.8 Å². The van der Waals surface area contributed by atoms with Gasteiger partial charge in [0.2, 0.25) is 0 Å². The molecule has 0 spiro atoms. The number of carbonyl (C=O) groups excluding carboxylic acids is 1. The normalized spacial score (nSPS) is 24.9. The summed E-state index contributed by atoms with van der Waals surface area (Å²) in [6, 6.07) is 18.8. The van der Waals surface area contributed by atoms with Gasteiger partial charge in [-0.3, -0.25) is 0 Å². The average molecular weight is 430 g/mol. The molecule has 1 atom stereocenters.